The highest BCUT2D eigenvalue weighted by molar-refractivity contribution is 6.01. The zero-order chi connectivity index (χ0) is 27.9. The molecule has 0 aliphatic carbocycles. The number of carbonyl (C=O) groups is 3. The maximum Gasteiger partial charge on any atom is 0.189 e. The van der Waals surface area contributed by atoms with Gasteiger partial charge in [0, 0.05) is 19.3 Å². The summed E-state index contributed by atoms with van der Waals surface area (Å²) in [6.07, 6.45) is 16.7. The second-order valence-corrected chi connectivity index (χ2v) is 9.37. The molecule has 0 rings (SSSR count). The highest BCUT2D eigenvalue weighted by Gasteiger charge is 2.53. The maximum absolute atomic E-state index is 12.6. The van der Waals surface area contributed by atoms with E-state index in [2.05, 4.69) is 43.4 Å². The number of unbranched alkanes of at least 4 members (excludes halogenated alkanes) is 5. The van der Waals surface area contributed by atoms with E-state index >= 15 is 0 Å². The molecular weight excluding hydrogens is 472 g/mol. The largest absolute Gasteiger partial charge is 0.382 e. The lowest BCUT2D eigenvalue weighted by Crippen LogP contribution is -2.63. The van der Waals surface area contributed by atoms with Gasteiger partial charge in [-0.1, -0.05) is 62.6 Å². The average molecular weight is 523 g/mol. The first kappa shape index (κ1) is 35.0. The molecule has 0 aromatic rings. The predicted octanol–water partition coefficient (Wildman–Crippen LogP) is 3.21. The number of aliphatic hydroxyl groups is 3. The molecule has 0 aliphatic heterocycles. The molecule has 0 radical (unpaired) electrons. The highest BCUT2D eigenvalue weighted by Crippen LogP contribution is 2.24. The first-order valence-electron chi connectivity index (χ1n) is 13.8. The Bertz CT molecular complexity index is 734. The molecule has 0 aliphatic rings. The molecule has 7 N–H and O–H groups in total. The van der Waals surface area contributed by atoms with Gasteiger partial charge >= 0.3 is 0 Å². The van der Waals surface area contributed by atoms with Crippen LogP contribution in [0.1, 0.15) is 96.8 Å². The van der Waals surface area contributed by atoms with Crippen molar-refractivity contribution in [1.82, 2.24) is 0 Å². The SMILES string of the molecule is CC/C=C\C/C=C\C/C=C\CCCCCCCC(=O)C(O)C(O)(C(=O)CCCN)C(O)C(=O)CCCN. The molecule has 8 heteroatoms. The Labute approximate surface area is 222 Å². The molecular formula is C29H50N2O6. The van der Waals surface area contributed by atoms with Gasteiger partial charge in [0.1, 0.15) is 0 Å². The predicted molar refractivity (Wildman–Crippen MR) is 148 cm³/mol. The highest BCUT2D eigenvalue weighted by atomic mass is 16.4. The van der Waals surface area contributed by atoms with Gasteiger partial charge in [0.2, 0.25) is 0 Å². The van der Waals surface area contributed by atoms with E-state index in [1.807, 2.05) is 0 Å². The number of carbonyl (C=O) groups excluding carboxylic acids is 3. The van der Waals surface area contributed by atoms with Crippen molar-refractivity contribution in [2.45, 2.75) is 115 Å². The van der Waals surface area contributed by atoms with E-state index in [1.54, 1.807) is 0 Å². The summed E-state index contributed by atoms with van der Waals surface area (Å²) in [7, 11) is 0. The summed E-state index contributed by atoms with van der Waals surface area (Å²) in [6.45, 7) is 2.45. The lowest BCUT2D eigenvalue weighted by molar-refractivity contribution is -0.181. The molecule has 8 nitrogen and oxygen atoms in total. The molecule has 0 spiro atoms. The number of ketones is 3. The molecule has 3 unspecified atom stereocenters. The van der Waals surface area contributed by atoms with Crippen LogP contribution in [-0.2, 0) is 14.4 Å². The molecule has 0 aromatic carbocycles. The van der Waals surface area contributed by atoms with Crippen molar-refractivity contribution in [2.24, 2.45) is 11.5 Å². The topological polar surface area (TPSA) is 164 Å². The molecule has 0 heterocycles. The molecule has 0 fully saturated rings. The smallest absolute Gasteiger partial charge is 0.189 e. The Morgan fingerprint density at radius 3 is 1.70 bits per heavy atom. The van der Waals surface area contributed by atoms with Gasteiger partial charge < -0.3 is 26.8 Å². The normalized spacial score (nSPS) is 15.4. The third kappa shape index (κ3) is 14.5. The van der Waals surface area contributed by atoms with Gasteiger partial charge in [0.15, 0.2) is 35.2 Å². The lowest BCUT2D eigenvalue weighted by Gasteiger charge is -2.34. The molecule has 0 saturated carbocycles. The summed E-state index contributed by atoms with van der Waals surface area (Å²) < 4.78 is 0. The first-order valence-corrected chi connectivity index (χ1v) is 13.8. The van der Waals surface area contributed by atoms with Gasteiger partial charge in [-0.25, -0.2) is 0 Å². The number of Topliss-reactive ketones (excluding diaryl/α,β-unsaturated/α-hetero) is 3. The van der Waals surface area contributed by atoms with E-state index in [1.165, 1.54) is 0 Å². The molecule has 0 aromatic heterocycles. The van der Waals surface area contributed by atoms with Gasteiger partial charge in [-0.15, -0.1) is 0 Å². The van der Waals surface area contributed by atoms with Crippen molar-refractivity contribution >= 4 is 17.3 Å². The zero-order valence-electron chi connectivity index (χ0n) is 22.7. The van der Waals surface area contributed by atoms with Crippen LogP contribution in [0.3, 0.4) is 0 Å². The summed E-state index contributed by atoms with van der Waals surface area (Å²) in [4.78, 5) is 37.5. The van der Waals surface area contributed by atoms with E-state index in [0.29, 0.717) is 6.42 Å². The summed E-state index contributed by atoms with van der Waals surface area (Å²) in [5.74, 6) is -2.57. The minimum absolute atomic E-state index is 0.0585. The van der Waals surface area contributed by atoms with Crippen LogP contribution in [0.4, 0.5) is 0 Å². The molecule has 0 bridgehead atoms. The quantitative estimate of drug-likeness (QED) is 0.0952. The van der Waals surface area contributed by atoms with Crippen molar-refractivity contribution in [3.05, 3.63) is 36.5 Å². The second-order valence-electron chi connectivity index (χ2n) is 9.37. The van der Waals surface area contributed by atoms with Crippen LogP contribution in [0.2, 0.25) is 0 Å². The fraction of sp³-hybridized carbons (Fsp3) is 0.690. The average Bonchev–Trinajstić information content (AvgIpc) is 2.90. The van der Waals surface area contributed by atoms with Crippen LogP contribution in [0, 0.1) is 0 Å². The van der Waals surface area contributed by atoms with E-state index in [0.717, 1.165) is 51.4 Å². The van der Waals surface area contributed by atoms with Crippen molar-refractivity contribution in [3.8, 4) is 0 Å². The minimum Gasteiger partial charge on any atom is -0.382 e. The Morgan fingerprint density at radius 2 is 1.14 bits per heavy atom. The molecule has 212 valence electrons. The fourth-order valence-corrected chi connectivity index (χ4v) is 3.88. The van der Waals surface area contributed by atoms with E-state index < -0.39 is 35.2 Å². The Morgan fingerprint density at radius 1 is 0.676 bits per heavy atom. The molecule has 37 heavy (non-hydrogen) atoms. The number of nitrogens with two attached hydrogens (primary N) is 2. The van der Waals surface area contributed by atoms with E-state index in [9.17, 15) is 29.7 Å². The third-order valence-electron chi connectivity index (χ3n) is 6.20. The number of hydrogen-bond donors (Lipinski definition) is 5. The van der Waals surface area contributed by atoms with Crippen molar-refractivity contribution < 1.29 is 29.7 Å². The van der Waals surface area contributed by atoms with Crippen LogP contribution in [0.15, 0.2) is 36.5 Å². The van der Waals surface area contributed by atoms with Gasteiger partial charge in [-0.3, -0.25) is 14.4 Å². The van der Waals surface area contributed by atoms with Gasteiger partial charge in [0.05, 0.1) is 0 Å². The second kappa shape index (κ2) is 22.1. The fourth-order valence-electron chi connectivity index (χ4n) is 3.88. The van der Waals surface area contributed by atoms with E-state index in [4.69, 9.17) is 11.5 Å². The third-order valence-corrected chi connectivity index (χ3v) is 6.20. The Balaban J connectivity index is 4.51. The van der Waals surface area contributed by atoms with Crippen LogP contribution in [0.5, 0.6) is 0 Å². The van der Waals surface area contributed by atoms with Crippen molar-refractivity contribution in [2.75, 3.05) is 13.1 Å². The van der Waals surface area contributed by atoms with Crippen molar-refractivity contribution in [3.63, 3.8) is 0 Å². The monoisotopic (exact) mass is 522 g/mol. The van der Waals surface area contributed by atoms with Crippen LogP contribution in [-0.4, -0.2) is 63.6 Å². The number of aliphatic hydroxyl groups excluding tert-OH is 2. The summed E-state index contributed by atoms with van der Waals surface area (Å²) >= 11 is 0. The number of hydrogen-bond acceptors (Lipinski definition) is 8. The number of rotatable bonds is 24. The summed E-state index contributed by atoms with van der Waals surface area (Å²) in [5, 5.41) is 31.9. The molecule has 0 saturated heterocycles. The zero-order valence-corrected chi connectivity index (χ0v) is 22.7. The van der Waals surface area contributed by atoms with Crippen LogP contribution >= 0.6 is 0 Å². The van der Waals surface area contributed by atoms with Crippen LogP contribution < -0.4 is 11.5 Å². The summed E-state index contributed by atoms with van der Waals surface area (Å²) in [5.41, 5.74) is 7.91. The number of allylic oxidation sites excluding steroid dienone is 6. The maximum atomic E-state index is 12.6. The lowest BCUT2D eigenvalue weighted by atomic mass is 9.79. The van der Waals surface area contributed by atoms with Gasteiger partial charge in [-0.05, 0) is 64.5 Å². The van der Waals surface area contributed by atoms with Crippen molar-refractivity contribution in [1.29, 1.82) is 0 Å². The van der Waals surface area contributed by atoms with Crippen LogP contribution in [0.25, 0.3) is 0 Å². The minimum atomic E-state index is -2.88. The summed E-state index contributed by atoms with van der Waals surface area (Å²) in [6, 6.07) is 0. The Kier molecular flexibility index (Phi) is 20.9. The molecule has 0 amide bonds. The first-order chi connectivity index (χ1) is 17.8. The van der Waals surface area contributed by atoms with Gasteiger partial charge in [0.25, 0.3) is 0 Å². The van der Waals surface area contributed by atoms with E-state index in [-0.39, 0.29) is 45.2 Å². The van der Waals surface area contributed by atoms with Gasteiger partial charge in [-0.2, -0.15) is 0 Å². The standard InChI is InChI=1S/C29H50N2O6/c1-2-3-4-5-6-7-8-9-10-11-12-13-14-15-16-19-24(32)27(35)29(37,26(34)21-18-23-31)28(36)25(33)20-17-22-30/h3-4,6-7,9-10,27-28,35-37H,2,5,8,11-23,30-31H2,1H3/b4-3-,7-6-,10-9-. The molecule has 3 atom stereocenters. The Hall–Kier alpha value is -1.97.